The molecule has 0 aliphatic heterocycles. The third-order valence-electron chi connectivity index (χ3n) is 4.50. The Balaban J connectivity index is 1.57. The van der Waals surface area contributed by atoms with E-state index in [0.29, 0.717) is 24.3 Å². The molecule has 2 N–H and O–H groups in total. The summed E-state index contributed by atoms with van der Waals surface area (Å²) in [4.78, 5) is 25.2. The maximum atomic E-state index is 12.6. The van der Waals surface area contributed by atoms with Gasteiger partial charge in [0.05, 0.1) is 18.0 Å². The van der Waals surface area contributed by atoms with Gasteiger partial charge in [-0.05, 0) is 41.1 Å². The zero-order chi connectivity index (χ0) is 20.5. The number of thiophene rings is 1. The van der Waals surface area contributed by atoms with Crippen molar-refractivity contribution in [2.24, 2.45) is 0 Å². The standard InChI is InChI=1S/C23H24N2O3S/c1-28-19-13-11-18(12-14-19)22(17-7-3-2-4-8-17)25-21(26)10-5-15-24-23(27)20-9-6-16-29-20/h2-4,6-9,11-14,16,22H,5,10,15H2,1H3,(H,24,27)(H,25,26). The van der Waals surface area contributed by atoms with E-state index in [1.165, 1.54) is 11.3 Å². The molecule has 0 radical (unpaired) electrons. The number of nitrogens with one attached hydrogen (secondary N) is 2. The first-order valence-electron chi connectivity index (χ1n) is 9.47. The molecule has 0 fully saturated rings. The fraction of sp³-hybridized carbons (Fsp3) is 0.217. The molecular weight excluding hydrogens is 384 g/mol. The highest BCUT2D eigenvalue weighted by molar-refractivity contribution is 7.12. The van der Waals surface area contributed by atoms with Crippen molar-refractivity contribution in [3.8, 4) is 5.75 Å². The fourth-order valence-corrected chi connectivity index (χ4v) is 3.62. The number of hydrogen-bond donors (Lipinski definition) is 2. The maximum Gasteiger partial charge on any atom is 0.261 e. The SMILES string of the molecule is COc1ccc(C(NC(=O)CCCNC(=O)c2cccs2)c2ccccc2)cc1. The van der Waals surface area contributed by atoms with E-state index >= 15 is 0 Å². The molecule has 1 heterocycles. The number of ether oxygens (including phenoxy) is 1. The summed E-state index contributed by atoms with van der Waals surface area (Å²) >= 11 is 1.40. The minimum Gasteiger partial charge on any atom is -0.497 e. The lowest BCUT2D eigenvalue weighted by molar-refractivity contribution is -0.121. The molecule has 2 aromatic carbocycles. The van der Waals surface area contributed by atoms with Gasteiger partial charge in [-0.25, -0.2) is 0 Å². The van der Waals surface area contributed by atoms with Gasteiger partial charge in [-0.1, -0.05) is 48.5 Å². The summed E-state index contributed by atoms with van der Waals surface area (Å²) in [5.41, 5.74) is 1.99. The Morgan fingerprint density at radius 3 is 2.34 bits per heavy atom. The van der Waals surface area contributed by atoms with Crippen LogP contribution in [0, 0.1) is 0 Å². The molecule has 0 saturated carbocycles. The lowest BCUT2D eigenvalue weighted by Crippen LogP contribution is -2.30. The summed E-state index contributed by atoms with van der Waals surface area (Å²) in [6.45, 7) is 0.461. The van der Waals surface area contributed by atoms with Gasteiger partial charge in [0.15, 0.2) is 0 Å². The number of methoxy groups -OCH3 is 1. The van der Waals surface area contributed by atoms with Crippen molar-refractivity contribution in [2.45, 2.75) is 18.9 Å². The van der Waals surface area contributed by atoms with Crippen LogP contribution in [0.2, 0.25) is 0 Å². The molecule has 0 aliphatic carbocycles. The van der Waals surface area contributed by atoms with Gasteiger partial charge < -0.3 is 15.4 Å². The third kappa shape index (κ3) is 5.93. The molecule has 0 bridgehead atoms. The van der Waals surface area contributed by atoms with Gasteiger partial charge in [-0.2, -0.15) is 0 Å². The maximum absolute atomic E-state index is 12.6. The fourth-order valence-electron chi connectivity index (χ4n) is 2.98. The van der Waals surface area contributed by atoms with Gasteiger partial charge >= 0.3 is 0 Å². The second-order valence-corrected chi connectivity index (χ2v) is 7.47. The molecule has 29 heavy (non-hydrogen) atoms. The van der Waals surface area contributed by atoms with Crippen LogP contribution in [0.4, 0.5) is 0 Å². The topological polar surface area (TPSA) is 67.4 Å². The Bertz CT molecular complexity index is 909. The molecule has 3 aromatic rings. The van der Waals surface area contributed by atoms with Gasteiger partial charge in [-0.3, -0.25) is 9.59 Å². The third-order valence-corrected chi connectivity index (χ3v) is 5.37. The first-order valence-corrected chi connectivity index (χ1v) is 10.4. The Kier molecular flexibility index (Phi) is 7.41. The van der Waals surface area contributed by atoms with E-state index < -0.39 is 0 Å². The summed E-state index contributed by atoms with van der Waals surface area (Å²) in [6, 6.07) is 20.9. The quantitative estimate of drug-likeness (QED) is 0.522. The highest BCUT2D eigenvalue weighted by atomic mass is 32.1. The first-order chi connectivity index (χ1) is 14.2. The van der Waals surface area contributed by atoms with Crippen molar-refractivity contribution in [1.29, 1.82) is 0 Å². The molecule has 3 rings (SSSR count). The minimum atomic E-state index is -0.240. The highest BCUT2D eigenvalue weighted by Crippen LogP contribution is 2.24. The number of amides is 2. The van der Waals surface area contributed by atoms with E-state index in [-0.39, 0.29) is 17.9 Å². The van der Waals surface area contributed by atoms with Crippen LogP contribution >= 0.6 is 11.3 Å². The Hall–Kier alpha value is -3.12. The van der Waals surface area contributed by atoms with Crippen molar-refractivity contribution in [3.05, 3.63) is 88.1 Å². The Morgan fingerprint density at radius 1 is 0.966 bits per heavy atom. The van der Waals surface area contributed by atoms with Gasteiger partial charge in [0, 0.05) is 13.0 Å². The smallest absolute Gasteiger partial charge is 0.261 e. The van der Waals surface area contributed by atoms with Crippen molar-refractivity contribution < 1.29 is 14.3 Å². The van der Waals surface area contributed by atoms with Crippen LogP contribution in [0.25, 0.3) is 0 Å². The molecule has 1 unspecified atom stereocenters. The molecule has 1 aromatic heterocycles. The van der Waals surface area contributed by atoms with Gasteiger partial charge in [0.2, 0.25) is 5.91 Å². The number of hydrogen-bond acceptors (Lipinski definition) is 4. The van der Waals surface area contributed by atoms with Crippen LogP contribution in [0.15, 0.2) is 72.1 Å². The molecule has 150 valence electrons. The lowest BCUT2D eigenvalue weighted by atomic mass is 9.98. The number of carbonyl (C=O) groups is 2. The Morgan fingerprint density at radius 2 is 1.69 bits per heavy atom. The summed E-state index contributed by atoms with van der Waals surface area (Å²) in [5, 5.41) is 7.83. The zero-order valence-corrected chi connectivity index (χ0v) is 17.1. The summed E-state index contributed by atoms with van der Waals surface area (Å²) in [7, 11) is 1.63. The largest absolute Gasteiger partial charge is 0.497 e. The van der Waals surface area contributed by atoms with E-state index in [9.17, 15) is 9.59 Å². The van der Waals surface area contributed by atoms with Crippen molar-refractivity contribution in [3.63, 3.8) is 0 Å². The molecule has 6 heteroatoms. The van der Waals surface area contributed by atoms with Crippen LogP contribution in [-0.4, -0.2) is 25.5 Å². The first kappa shape index (κ1) is 20.6. The molecule has 1 atom stereocenters. The van der Waals surface area contributed by atoms with E-state index in [1.54, 1.807) is 13.2 Å². The van der Waals surface area contributed by atoms with E-state index in [0.717, 1.165) is 16.9 Å². The van der Waals surface area contributed by atoms with Crippen LogP contribution in [0.1, 0.15) is 39.7 Å². The number of benzene rings is 2. The summed E-state index contributed by atoms with van der Waals surface area (Å²) in [6.07, 6.45) is 0.914. The normalized spacial score (nSPS) is 11.5. The van der Waals surface area contributed by atoms with Crippen LogP contribution in [0.5, 0.6) is 5.75 Å². The molecule has 5 nitrogen and oxygen atoms in total. The summed E-state index contributed by atoms with van der Waals surface area (Å²) < 4.78 is 5.23. The Labute approximate surface area is 174 Å². The predicted octanol–water partition coefficient (Wildman–Crippen LogP) is 4.17. The van der Waals surface area contributed by atoms with Crippen LogP contribution < -0.4 is 15.4 Å². The van der Waals surface area contributed by atoms with E-state index in [1.807, 2.05) is 66.0 Å². The molecule has 0 aliphatic rings. The number of rotatable bonds is 9. The van der Waals surface area contributed by atoms with Crippen molar-refractivity contribution >= 4 is 23.2 Å². The van der Waals surface area contributed by atoms with E-state index in [4.69, 9.17) is 4.74 Å². The zero-order valence-electron chi connectivity index (χ0n) is 16.3. The number of carbonyl (C=O) groups excluding carboxylic acids is 2. The van der Waals surface area contributed by atoms with Crippen molar-refractivity contribution in [1.82, 2.24) is 10.6 Å². The minimum absolute atomic E-state index is 0.0555. The van der Waals surface area contributed by atoms with Gasteiger partial charge in [-0.15, -0.1) is 11.3 Å². The average Bonchev–Trinajstić information content (AvgIpc) is 3.31. The van der Waals surface area contributed by atoms with Crippen molar-refractivity contribution in [2.75, 3.05) is 13.7 Å². The second kappa shape index (κ2) is 10.4. The average molecular weight is 409 g/mol. The summed E-state index contributed by atoms with van der Waals surface area (Å²) in [5.74, 6) is 0.620. The predicted molar refractivity (Wildman–Crippen MR) is 115 cm³/mol. The monoisotopic (exact) mass is 408 g/mol. The highest BCUT2D eigenvalue weighted by Gasteiger charge is 2.17. The molecular formula is C23H24N2O3S. The van der Waals surface area contributed by atoms with Crippen LogP contribution in [0.3, 0.4) is 0 Å². The molecule has 0 spiro atoms. The van der Waals surface area contributed by atoms with Gasteiger partial charge in [0.1, 0.15) is 5.75 Å². The van der Waals surface area contributed by atoms with Gasteiger partial charge in [0.25, 0.3) is 5.91 Å². The molecule has 0 saturated heterocycles. The lowest BCUT2D eigenvalue weighted by Gasteiger charge is -2.20. The molecule has 2 amide bonds. The van der Waals surface area contributed by atoms with Crippen LogP contribution in [-0.2, 0) is 4.79 Å². The van der Waals surface area contributed by atoms with E-state index in [2.05, 4.69) is 10.6 Å². The second-order valence-electron chi connectivity index (χ2n) is 6.52.